The van der Waals surface area contributed by atoms with E-state index in [-0.39, 0.29) is 17.6 Å². The maximum absolute atomic E-state index is 16.9. The van der Waals surface area contributed by atoms with Crippen LogP contribution in [-0.2, 0) is 0 Å². The number of para-hydroxylation sites is 2. The van der Waals surface area contributed by atoms with Crippen molar-refractivity contribution in [2.24, 2.45) is 5.92 Å². The van der Waals surface area contributed by atoms with E-state index < -0.39 is 6.04 Å². The van der Waals surface area contributed by atoms with E-state index in [1.165, 1.54) is 39.0 Å². The van der Waals surface area contributed by atoms with E-state index in [1.54, 1.807) is 24.3 Å². The highest BCUT2D eigenvalue weighted by Gasteiger charge is 2.41. The van der Waals surface area contributed by atoms with Crippen molar-refractivity contribution in [1.82, 2.24) is 0 Å². The quantitative estimate of drug-likeness (QED) is 0.135. The van der Waals surface area contributed by atoms with Crippen LogP contribution in [0, 0.1) is 72.9 Å². The molecule has 0 saturated heterocycles. The van der Waals surface area contributed by atoms with Gasteiger partial charge >= 0.3 is 0 Å². The van der Waals surface area contributed by atoms with Crippen LogP contribution >= 0.6 is 0 Å². The molecule has 0 heterocycles. The van der Waals surface area contributed by atoms with Gasteiger partial charge in [-0.1, -0.05) is 174 Å². The zero-order chi connectivity index (χ0) is 52.5. The van der Waals surface area contributed by atoms with Crippen molar-refractivity contribution in [3.63, 3.8) is 0 Å². The lowest BCUT2D eigenvalue weighted by molar-refractivity contribution is 0.622. The summed E-state index contributed by atoms with van der Waals surface area (Å²) in [7, 11) is 0. The summed E-state index contributed by atoms with van der Waals surface area (Å²) in [6.45, 7) is 17.2. The van der Waals surface area contributed by atoms with Crippen LogP contribution in [0.3, 0.4) is 0 Å². The van der Waals surface area contributed by atoms with Crippen LogP contribution in [0.5, 0.6) is 0 Å². The summed E-state index contributed by atoms with van der Waals surface area (Å²) in [5, 5.41) is 0. The molecule has 0 aromatic heterocycles. The Morgan fingerprint density at radius 2 is 0.895 bits per heavy atom. The Kier molecular flexibility index (Phi) is 12.3. The maximum Gasteiger partial charge on any atom is 0.147 e. The molecule has 0 amide bonds. The molecule has 2 unspecified atom stereocenters. The molecule has 76 heavy (non-hydrogen) atoms. The van der Waals surface area contributed by atoms with Crippen LogP contribution in [0.4, 0.5) is 31.5 Å². The van der Waals surface area contributed by atoms with Crippen molar-refractivity contribution in [3.8, 4) is 44.5 Å². The van der Waals surface area contributed by atoms with Crippen molar-refractivity contribution in [2.75, 3.05) is 9.80 Å². The topological polar surface area (TPSA) is 6.48 Å². The molecule has 0 aliphatic heterocycles. The zero-order valence-corrected chi connectivity index (χ0v) is 44.4. The van der Waals surface area contributed by atoms with Gasteiger partial charge < -0.3 is 9.80 Å². The average molecular weight is 991 g/mol. The summed E-state index contributed by atoms with van der Waals surface area (Å²) >= 11 is 0. The zero-order valence-electron chi connectivity index (χ0n) is 44.4. The summed E-state index contributed by atoms with van der Waals surface area (Å²) in [5.41, 5.74) is 27.4. The SMILES string of the molecule is Cc1ccc(-c2ccc(N(C3=C4C=CC5=C6C(=CC=C(C=C3)C46)C(N(c3ccccc3F)c3ccc(-c4ccc(C)cc4C)cc3-c3ccc(C)cc3C)C=C5)c3ccccc3F)c(-c3ccc(C)cc3C)c2)c(C)c1. The van der Waals surface area contributed by atoms with Crippen molar-refractivity contribution in [2.45, 2.75) is 61.4 Å². The fourth-order valence-electron chi connectivity index (χ4n) is 12.4. The lowest BCUT2D eigenvalue weighted by atomic mass is 9.67. The molecule has 4 aliphatic rings. The summed E-state index contributed by atoms with van der Waals surface area (Å²) in [4.78, 5) is 4.35. The third-order valence-electron chi connectivity index (χ3n) is 15.9. The number of benzene rings is 8. The Morgan fingerprint density at radius 3 is 1.43 bits per heavy atom. The number of allylic oxidation sites excluding steroid dienone is 10. The maximum atomic E-state index is 16.9. The molecular weight excluding hydrogens is 931 g/mol. The highest BCUT2D eigenvalue weighted by molar-refractivity contribution is 5.93. The lowest BCUT2D eigenvalue weighted by Gasteiger charge is -2.44. The number of aryl methyl sites for hydroxylation is 8. The second-order valence-electron chi connectivity index (χ2n) is 21.2. The molecule has 2 nitrogen and oxygen atoms in total. The monoisotopic (exact) mass is 990 g/mol. The first-order valence-electron chi connectivity index (χ1n) is 26.4. The molecular formula is C72H60F2N2. The molecule has 0 saturated carbocycles. The van der Waals surface area contributed by atoms with Crippen molar-refractivity contribution in [3.05, 3.63) is 296 Å². The van der Waals surface area contributed by atoms with Crippen molar-refractivity contribution < 1.29 is 8.78 Å². The van der Waals surface area contributed by atoms with E-state index in [1.807, 2.05) is 24.3 Å². The van der Waals surface area contributed by atoms with Crippen LogP contribution < -0.4 is 9.80 Å². The predicted octanol–water partition coefficient (Wildman–Crippen LogP) is 19.2. The summed E-state index contributed by atoms with van der Waals surface area (Å²) in [6.07, 6.45) is 17.8. The number of rotatable bonds is 10. The Labute approximate surface area is 447 Å². The molecule has 8 aromatic carbocycles. The van der Waals surface area contributed by atoms with Gasteiger partial charge in [0, 0.05) is 22.7 Å². The number of hydrogen-bond acceptors (Lipinski definition) is 2. The molecule has 0 N–H and O–H groups in total. The first kappa shape index (κ1) is 48.3. The molecule has 0 radical (unpaired) electrons. The fraction of sp³-hybridized carbons (Fsp3) is 0.139. The summed E-state index contributed by atoms with van der Waals surface area (Å²) < 4.78 is 33.8. The van der Waals surface area contributed by atoms with Crippen LogP contribution in [0.2, 0.25) is 0 Å². The molecule has 0 bridgehead atoms. The molecule has 4 aliphatic carbocycles. The molecule has 0 fully saturated rings. The number of hydrogen-bond donors (Lipinski definition) is 0. The van der Waals surface area contributed by atoms with E-state index in [0.717, 1.165) is 95.0 Å². The van der Waals surface area contributed by atoms with Gasteiger partial charge in [-0.25, -0.2) is 8.78 Å². The first-order valence-corrected chi connectivity index (χ1v) is 26.4. The Morgan fingerprint density at radius 1 is 0.395 bits per heavy atom. The molecule has 372 valence electrons. The van der Waals surface area contributed by atoms with Gasteiger partial charge in [0.05, 0.1) is 28.8 Å². The summed E-state index contributed by atoms with van der Waals surface area (Å²) in [6, 6.07) is 53.6. The molecule has 2 atom stereocenters. The van der Waals surface area contributed by atoms with Gasteiger partial charge in [0.2, 0.25) is 0 Å². The molecule has 8 aromatic rings. The average Bonchev–Trinajstić information content (AvgIpc) is 3.58. The smallest absolute Gasteiger partial charge is 0.147 e. The van der Waals surface area contributed by atoms with Crippen molar-refractivity contribution in [1.29, 1.82) is 0 Å². The van der Waals surface area contributed by atoms with Gasteiger partial charge in [-0.3, -0.25) is 0 Å². The largest absolute Gasteiger partial charge is 0.327 e. The van der Waals surface area contributed by atoms with Gasteiger partial charge in [0.25, 0.3) is 0 Å². The van der Waals surface area contributed by atoms with E-state index in [4.69, 9.17) is 0 Å². The van der Waals surface area contributed by atoms with Crippen LogP contribution in [-0.4, -0.2) is 6.04 Å². The number of anilines is 4. The van der Waals surface area contributed by atoms with E-state index >= 15 is 8.78 Å². The minimum absolute atomic E-state index is 0.186. The number of nitrogens with zero attached hydrogens (tertiary/aromatic N) is 2. The fourth-order valence-corrected chi connectivity index (χ4v) is 12.4. The molecule has 0 spiro atoms. The van der Waals surface area contributed by atoms with Gasteiger partial charge in [-0.2, -0.15) is 0 Å². The molecule has 12 rings (SSSR count). The van der Waals surface area contributed by atoms with Gasteiger partial charge in [-0.05, 0) is 193 Å². The first-order chi connectivity index (χ1) is 36.8. The van der Waals surface area contributed by atoms with E-state index in [0.29, 0.717) is 11.4 Å². The second kappa shape index (κ2) is 19.3. The second-order valence-corrected chi connectivity index (χ2v) is 21.2. The normalized spacial score (nSPS) is 16.2. The van der Waals surface area contributed by atoms with Crippen LogP contribution in [0.1, 0.15) is 44.5 Å². The predicted molar refractivity (Wildman–Crippen MR) is 315 cm³/mol. The van der Waals surface area contributed by atoms with Gasteiger partial charge in [0.1, 0.15) is 11.6 Å². The van der Waals surface area contributed by atoms with Crippen LogP contribution in [0.15, 0.2) is 240 Å². The van der Waals surface area contributed by atoms with E-state index in [9.17, 15) is 0 Å². The third-order valence-corrected chi connectivity index (χ3v) is 15.9. The summed E-state index contributed by atoms with van der Waals surface area (Å²) in [5.74, 6) is -0.804. The van der Waals surface area contributed by atoms with Gasteiger partial charge in [-0.15, -0.1) is 0 Å². The standard InChI is InChI=1S/C72H60F2N2/c1-43-17-27-55(47(5)37-43)53-25-35-67(61(41-53)57-29-19-45(3)39-49(57)7)75(69-15-11-9-13-63(69)73)65-33-23-51-22-32-60-66(34-24-52-21-31-59(65)71(51)72(52)60)76(70-16-12-10-14-64(70)74)68-36-26-54(56-28-18-44(2)38-48(56)6)42-62(68)58-30-20-46(4)40-50(58)8/h9-42,65,72H,1-8H3. The minimum atomic E-state index is -0.399. The minimum Gasteiger partial charge on any atom is -0.327 e. The highest BCUT2D eigenvalue weighted by Crippen LogP contribution is 2.54. The van der Waals surface area contributed by atoms with Crippen LogP contribution in [0.25, 0.3) is 44.5 Å². The Hall–Kier alpha value is -8.60. The van der Waals surface area contributed by atoms with Gasteiger partial charge in [0.15, 0.2) is 0 Å². The Balaban J connectivity index is 1.04. The number of halogens is 2. The van der Waals surface area contributed by atoms with Crippen molar-refractivity contribution >= 4 is 22.7 Å². The molecule has 4 heteroatoms. The van der Waals surface area contributed by atoms with E-state index in [2.05, 4.69) is 223 Å². The Bertz CT molecular complexity index is 3960. The lowest BCUT2D eigenvalue weighted by Crippen LogP contribution is -2.38. The third kappa shape index (κ3) is 8.43. The highest BCUT2D eigenvalue weighted by atomic mass is 19.1.